The van der Waals surface area contributed by atoms with Crippen LogP contribution in [0, 0.1) is 5.92 Å². The van der Waals surface area contributed by atoms with Gasteiger partial charge in [-0.15, -0.1) is 0 Å². The Balaban J connectivity index is 1.80. The molecule has 1 aromatic rings. The summed E-state index contributed by atoms with van der Waals surface area (Å²) in [7, 11) is -3.59. The highest BCUT2D eigenvalue weighted by atomic mass is 32.2. The molecule has 0 bridgehead atoms. The van der Waals surface area contributed by atoms with Crippen molar-refractivity contribution in [2.45, 2.75) is 12.6 Å². The lowest BCUT2D eigenvalue weighted by Gasteiger charge is -2.17. The Morgan fingerprint density at radius 1 is 1.26 bits per heavy atom. The molecular formula is C15H19F3N2O2S. The molecule has 0 amide bonds. The van der Waals surface area contributed by atoms with Crippen molar-refractivity contribution < 1.29 is 21.6 Å². The van der Waals surface area contributed by atoms with Crippen LogP contribution in [-0.4, -0.2) is 45.7 Å². The second-order valence-electron chi connectivity index (χ2n) is 5.61. The summed E-state index contributed by atoms with van der Waals surface area (Å²) in [5, 5.41) is 1.07. The van der Waals surface area contributed by atoms with E-state index in [1.807, 2.05) is 6.07 Å². The molecule has 128 valence electrons. The van der Waals surface area contributed by atoms with Gasteiger partial charge < -0.3 is 0 Å². The topological polar surface area (TPSA) is 49.4 Å². The second kappa shape index (κ2) is 7.46. The SMILES string of the molecule is O=S(=O)(/C=C\c1ccccc1)NC[C@@H]1CCN(CC(F)(F)F)C1. The van der Waals surface area contributed by atoms with Gasteiger partial charge in [0.2, 0.25) is 10.0 Å². The maximum atomic E-state index is 12.3. The zero-order valence-electron chi connectivity index (χ0n) is 12.5. The Labute approximate surface area is 134 Å². The number of hydrogen-bond donors (Lipinski definition) is 1. The monoisotopic (exact) mass is 348 g/mol. The lowest BCUT2D eigenvalue weighted by molar-refractivity contribution is -0.143. The first-order valence-electron chi connectivity index (χ1n) is 7.25. The molecule has 1 atom stereocenters. The fourth-order valence-electron chi connectivity index (χ4n) is 2.49. The molecule has 4 nitrogen and oxygen atoms in total. The summed E-state index contributed by atoms with van der Waals surface area (Å²) in [6, 6.07) is 8.98. The highest BCUT2D eigenvalue weighted by Crippen LogP contribution is 2.22. The van der Waals surface area contributed by atoms with E-state index in [0.717, 1.165) is 11.0 Å². The molecule has 8 heteroatoms. The van der Waals surface area contributed by atoms with Crippen molar-refractivity contribution >= 4 is 16.1 Å². The smallest absolute Gasteiger partial charge is 0.295 e. The van der Waals surface area contributed by atoms with E-state index in [2.05, 4.69) is 4.72 Å². The summed E-state index contributed by atoms with van der Waals surface area (Å²) >= 11 is 0. The molecule has 1 aliphatic rings. The molecule has 1 N–H and O–H groups in total. The third kappa shape index (κ3) is 6.72. The molecule has 0 saturated carbocycles. The Hall–Kier alpha value is -1.38. The van der Waals surface area contributed by atoms with Crippen molar-refractivity contribution in [3.63, 3.8) is 0 Å². The number of sulfonamides is 1. The lowest BCUT2D eigenvalue weighted by Crippen LogP contribution is -2.34. The van der Waals surface area contributed by atoms with Crippen LogP contribution in [0.5, 0.6) is 0 Å². The minimum Gasteiger partial charge on any atom is -0.295 e. The van der Waals surface area contributed by atoms with Crippen LogP contribution >= 0.6 is 0 Å². The Morgan fingerprint density at radius 3 is 2.61 bits per heavy atom. The molecule has 1 aliphatic heterocycles. The van der Waals surface area contributed by atoms with Crippen molar-refractivity contribution in [2.75, 3.05) is 26.2 Å². The molecule has 0 radical (unpaired) electrons. The van der Waals surface area contributed by atoms with Crippen molar-refractivity contribution in [3.05, 3.63) is 41.3 Å². The number of nitrogens with zero attached hydrogens (tertiary/aromatic N) is 1. The highest BCUT2D eigenvalue weighted by Gasteiger charge is 2.34. The van der Waals surface area contributed by atoms with Gasteiger partial charge in [-0.05, 0) is 30.5 Å². The van der Waals surface area contributed by atoms with E-state index in [4.69, 9.17) is 0 Å². The molecule has 0 aromatic heterocycles. The summed E-state index contributed by atoms with van der Waals surface area (Å²) in [5.41, 5.74) is 0.759. The maximum Gasteiger partial charge on any atom is 0.401 e. The van der Waals surface area contributed by atoms with E-state index in [9.17, 15) is 21.6 Å². The number of alkyl halides is 3. The van der Waals surface area contributed by atoms with Crippen LogP contribution in [0.15, 0.2) is 35.7 Å². The van der Waals surface area contributed by atoms with Crippen LogP contribution < -0.4 is 4.72 Å². The van der Waals surface area contributed by atoms with E-state index in [1.165, 1.54) is 11.0 Å². The molecule has 1 heterocycles. The predicted octanol–water partition coefficient (Wildman–Crippen LogP) is 2.46. The van der Waals surface area contributed by atoms with Crippen molar-refractivity contribution in [1.29, 1.82) is 0 Å². The van der Waals surface area contributed by atoms with Gasteiger partial charge in [-0.3, -0.25) is 4.90 Å². The summed E-state index contributed by atoms with van der Waals surface area (Å²) < 4.78 is 63.1. The molecule has 0 aliphatic carbocycles. The molecule has 2 rings (SSSR count). The fraction of sp³-hybridized carbons (Fsp3) is 0.467. The van der Waals surface area contributed by atoms with Crippen LogP contribution in [-0.2, 0) is 10.0 Å². The fourth-order valence-corrected chi connectivity index (χ4v) is 3.39. The normalized spacial score (nSPS) is 20.4. The first-order chi connectivity index (χ1) is 10.7. The molecule has 23 heavy (non-hydrogen) atoms. The Bertz CT molecular complexity index is 630. The molecular weight excluding hydrogens is 329 g/mol. The first kappa shape index (κ1) is 18.0. The minimum atomic E-state index is -4.22. The van der Waals surface area contributed by atoms with Gasteiger partial charge in [0, 0.05) is 18.5 Å². The highest BCUT2D eigenvalue weighted by molar-refractivity contribution is 7.92. The van der Waals surface area contributed by atoms with Gasteiger partial charge in [-0.25, -0.2) is 13.1 Å². The largest absolute Gasteiger partial charge is 0.401 e. The van der Waals surface area contributed by atoms with E-state index >= 15 is 0 Å². The number of hydrogen-bond acceptors (Lipinski definition) is 3. The zero-order chi connectivity index (χ0) is 16.9. The average Bonchev–Trinajstić information content (AvgIpc) is 2.90. The number of benzene rings is 1. The van der Waals surface area contributed by atoms with E-state index in [0.29, 0.717) is 13.0 Å². The molecule has 0 unspecified atom stereocenters. The van der Waals surface area contributed by atoms with Crippen molar-refractivity contribution in [2.24, 2.45) is 5.92 Å². The zero-order valence-corrected chi connectivity index (χ0v) is 13.3. The van der Waals surface area contributed by atoms with Crippen molar-refractivity contribution in [3.8, 4) is 0 Å². The Kier molecular flexibility index (Phi) is 5.83. The van der Waals surface area contributed by atoms with Gasteiger partial charge in [0.05, 0.1) is 6.54 Å². The summed E-state index contributed by atoms with van der Waals surface area (Å²) in [4.78, 5) is 1.30. The second-order valence-corrected chi connectivity index (χ2v) is 7.26. The Morgan fingerprint density at radius 2 is 1.96 bits per heavy atom. The number of halogens is 3. The molecule has 1 fully saturated rings. The van der Waals surface area contributed by atoms with Gasteiger partial charge in [-0.1, -0.05) is 30.3 Å². The standard InChI is InChI=1S/C15H19F3N2O2S/c16-15(17,18)12-20-8-6-14(11-20)10-19-23(21,22)9-7-13-4-2-1-3-5-13/h1-5,7,9,14,19H,6,8,10-12H2/b9-7-/t14-/m0/s1. The third-order valence-corrected chi connectivity index (χ3v) is 4.65. The van der Waals surface area contributed by atoms with Gasteiger partial charge in [0.25, 0.3) is 0 Å². The molecule has 1 aromatic carbocycles. The third-order valence-electron chi connectivity index (χ3n) is 3.59. The quantitative estimate of drug-likeness (QED) is 0.859. The van der Waals surface area contributed by atoms with Crippen LogP contribution in [0.1, 0.15) is 12.0 Å². The lowest BCUT2D eigenvalue weighted by atomic mass is 10.1. The van der Waals surface area contributed by atoms with Crippen LogP contribution in [0.25, 0.3) is 6.08 Å². The summed E-state index contributed by atoms with van der Waals surface area (Å²) in [6.07, 6.45) is -2.18. The van der Waals surface area contributed by atoms with Crippen molar-refractivity contribution in [1.82, 2.24) is 9.62 Å². The van der Waals surface area contributed by atoms with Gasteiger partial charge in [0.1, 0.15) is 0 Å². The number of likely N-dealkylation sites (tertiary alicyclic amines) is 1. The van der Waals surface area contributed by atoms with Gasteiger partial charge in [-0.2, -0.15) is 13.2 Å². The maximum absolute atomic E-state index is 12.3. The van der Waals surface area contributed by atoms with Gasteiger partial charge >= 0.3 is 6.18 Å². The van der Waals surface area contributed by atoms with Crippen LogP contribution in [0.2, 0.25) is 0 Å². The van der Waals surface area contributed by atoms with E-state index in [1.54, 1.807) is 24.3 Å². The van der Waals surface area contributed by atoms with Gasteiger partial charge in [0.15, 0.2) is 0 Å². The summed E-state index contributed by atoms with van der Waals surface area (Å²) in [5.74, 6) is -0.0998. The first-order valence-corrected chi connectivity index (χ1v) is 8.80. The van der Waals surface area contributed by atoms with E-state index < -0.39 is 22.7 Å². The predicted molar refractivity (Wildman–Crippen MR) is 83.0 cm³/mol. The molecule has 0 spiro atoms. The number of nitrogens with one attached hydrogen (secondary N) is 1. The average molecular weight is 348 g/mol. The minimum absolute atomic E-state index is 0.0998. The van der Waals surface area contributed by atoms with Crippen LogP contribution in [0.3, 0.4) is 0 Å². The van der Waals surface area contributed by atoms with E-state index in [-0.39, 0.29) is 19.0 Å². The van der Waals surface area contributed by atoms with Crippen LogP contribution in [0.4, 0.5) is 13.2 Å². The number of rotatable bonds is 6. The molecule has 1 saturated heterocycles. The summed E-state index contributed by atoms with van der Waals surface area (Å²) in [6.45, 7) is -0.198.